The average molecular weight is 290 g/mol. The van der Waals surface area contributed by atoms with Gasteiger partial charge in [-0.05, 0) is 24.5 Å². The smallest absolute Gasteiger partial charge is 0.326 e. The number of carboxylic acid groups (broad SMARTS) is 1. The Morgan fingerprint density at radius 2 is 2.24 bits per heavy atom. The Morgan fingerprint density at radius 3 is 3.00 bits per heavy atom. The Kier molecular flexibility index (Phi) is 3.45. The maximum absolute atomic E-state index is 12.7. The fourth-order valence-electron chi connectivity index (χ4n) is 3.05. The second kappa shape index (κ2) is 5.27. The van der Waals surface area contributed by atoms with Crippen molar-refractivity contribution in [2.45, 2.75) is 19.4 Å². The SMILES string of the molecule is CC1CCN(C(=O)c2cccc3c2OCCN3)C1C(=O)O. The highest BCUT2D eigenvalue weighted by molar-refractivity contribution is 6.01. The van der Waals surface area contributed by atoms with E-state index >= 15 is 0 Å². The van der Waals surface area contributed by atoms with E-state index < -0.39 is 12.0 Å². The number of hydrogen-bond acceptors (Lipinski definition) is 4. The van der Waals surface area contributed by atoms with E-state index in [4.69, 9.17) is 4.74 Å². The molecule has 1 aromatic carbocycles. The highest BCUT2D eigenvalue weighted by Crippen LogP contribution is 2.34. The zero-order chi connectivity index (χ0) is 15.0. The van der Waals surface area contributed by atoms with Crippen molar-refractivity contribution in [1.82, 2.24) is 4.90 Å². The number of anilines is 1. The molecule has 1 aromatic rings. The molecular weight excluding hydrogens is 272 g/mol. The molecule has 6 heteroatoms. The molecule has 2 aliphatic rings. The Bertz CT molecular complexity index is 587. The van der Waals surface area contributed by atoms with Crippen LogP contribution in [0.2, 0.25) is 0 Å². The number of ether oxygens (including phenoxy) is 1. The zero-order valence-corrected chi connectivity index (χ0v) is 11.8. The Balaban J connectivity index is 1.94. The van der Waals surface area contributed by atoms with Crippen molar-refractivity contribution < 1.29 is 19.4 Å². The quantitative estimate of drug-likeness (QED) is 0.861. The molecule has 0 spiro atoms. The Labute approximate surface area is 122 Å². The first kappa shape index (κ1) is 13.7. The number of likely N-dealkylation sites (tertiary alicyclic amines) is 1. The number of carboxylic acids is 1. The summed E-state index contributed by atoms with van der Waals surface area (Å²) >= 11 is 0. The molecule has 1 fully saturated rings. The molecule has 3 rings (SSSR count). The first-order valence-electron chi connectivity index (χ1n) is 7.13. The highest BCUT2D eigenvalue weighted by atomic mass is 16.5. The summed E-state index contributed by atoms with van der Waals surface area (Å²) in [6, 6.07) is 4.57. The molecule has 0 radical (unpaired) electrons. The normalized spacial score (nSPS) is 24.0. The number of carbonyl (C=O) groups excluding carboxylic acids is 1. The fourth-order valence-corrected chi connectivity index (χ4v) is 3.05. The molecule has 0 aliphatic carbocycles. The van der Waals surface area contributed by atoms with Crippen LogP contribution in [0, 0.1) is 5.92 Å². The number of amides is 1. The van der Waals surface area contributed by atoms with Crippen LogP contribution in [-0.2, 0) is 4.79 Å². The number of aliphatic carboxylic acids is 1. The summed E-state index contributed by atoms with van der Waals surface area (Å²) in [6.45, 7) is 3.53. The van der Waals surface area contributed by atoms with Gasteiger partial charge in [0.2, 0.25) is 0 Å². The van der Waals surface area contributed by atoms with Gasteiger partial charge in [-0.3, -0.25) is 4.79 Å². The van der Waals surface area contributed by atoms with Crippen LogP contribution in [0.4, 0.5) is 5.69 Å². The molecule has 21 heavy (non-hydrogen) atoms. The lowest BCUT2D eigenvalue weighted by atomic mass is 10.0. The number of rotatable bonds is 2. The van der Waals surface area contributed by atoms with Crippen molar-refractivity contribution in [1.29, 1.82) is 0 Å². The molecule has 2 unspecified atom stereocenters. The third-order valence-corrected chi connectivity index (χ3v) is 4.12. The third kappa shape index (κ3) is 2.30. The van der Waals surface area contributed by atoms with E-state index in [-0.39, 0.29) is 11.8 Å². The van der Waals surface area contributed by atoms with E-state index in [0.717, 1.165) is 5.69 Å². The van der Waals surface area contributed by atoms with E-state index in [1.807, 2.05) is 13.0 Å². The number of para-hydroxylation sites is 1. The van der Waals surface area contributed by atoms with Crippen molar-refractivity contribution >= 4 is 17.6 Å². The van der Waals surface area contributed by atoms with Gasteiger partial charge in [0.05, 0.1) is 11.3 Å². The van der Waals surface area contributed by atoms with Crippen LogP contribution in [0.25, 0.3) is 0 Å². The molecule has 112 valence electrons. The predicted octanol–water partition coefficient (Wildman–Crippen LogP) is 1.43. The van der Waals surface area contributed by atoms with Gasteiger partial charge < -0.3 is 20.1 Å². The lowest BCUT2D eigenvalue weighted by molar-refractivity contribution is -0.142. The zero-order valence-electron chi connectivity index (χ0n) is 11.8. The number of nitrogens with one attached hydrogen (secondary N) is 1. The fraction of sp³-hybridized carbons (Fsp3) is 0.467. The Hall–Kier alpha value is -2.24. The van der Waals surface area contributed by atoms with Gasteiger partial charge in [0.1, 0.15) is 12.6 Å². The molecule has 0 aromatic heterocycles. The van der Waals surface area contributed by atoms with Gasteiger partial charge in [-0.15, -0.1) is 0 Å². The summed E-state index contributed by atoms with van der Waals surface area (Å²) in [4.78, 5) is 25.6. The summed E-state index contributed by atoms with van der Waals surface area (Å²) in [5, 5.41) is 12.5. The number of nitrogens with zero attached hydrogens (tertiary/aromatic N) is 1. The van der Waals surface area contributed by atoms with Crippen LogP contribution in [0.15, 0.2) is 18.2 Å². The molecule has 0 bridgehead atoms. The molecule has 0 saturated carbocycles. The van der Waals surface area contributed by atoms with E-state index in [1.54, 1.807) is 12.1 Å². The van der Waals surface area contributed by atoms with E-state index in [0.29, 0.717) is 37.4 Å². The standard InChI is InChI=1S/C15H18N2O4/c1-9-5-7-17(12(9)15(19)20)14(18)10-3-2-4-11-13(10)21-8-6-16-11/h2-4,9,12,16H,5-8H2,1H3,(H,19,20). The molecule has 2 heterocycles. The van der Waals surface area contributed by atoms with Gasteiger partial charge >= 0.3 is 5.97 Å². The number of carbonyl (C=O) groups is 2. The number of fused-ring (bicyclic) bond motifs is 1. The molecule has 2 atom stereocenters. The largest absolute Gasteiger partial charge is 0.489 e. The van der Waals surface area contributed by atoms with Crippen molar-refractivity contribution in [2.75, 3.05) is 25.0 Å². The minimum Gasteiger partial charge on any atom is -0.489 e. The van der Waals surface area contributed by atoms with Gasteiger partial charge in [-0.2, -0.15) is 0 Å². The molecule has 1 amide bonds. The third-order valence-electron chi connectivity index (χ3n) is 4.12. The van der Waals surface area contributed by atoms with Crippen LogP contribution in [0.5, 0.6) is 5.75 Å². The van der Waals surface area contributed by atoms with Gasteiger partial charge in [-0.25, -0.2) is 4.79 Å². The molecule has 1 saturated heterocycles. The molecule has 2 N–H and O–H groups in total. The topological polar surface area (TPSA) is 78.9 Å². The van der Waals surface area contributed by atoms with Crippen LogP contribution in [0.1, 0.15) is 23.7 Å². The summed E-state index contributed by atoms with van der Waals surface area (Å²) in [5.41, 5.74) is 1.21. The van der Waals surface area contributed by atoms with Crippen molar-refractivity contribution in [2.24, 2.45) is 5.92 Å². The summed E-state index contributed by atoms with van der Waals surface area (Å²) < 4.78 is 5.60. The second-order valence-electron chi connectivity index (χ2n) is 5.51. The summed E-state index contributed by atoms with van der Waals surface area (Å²) in [7, 11) is 0. The van der Waals surface area contributed by atoms with Crippen molar-refractivity contribution in [3.63, 3.8) is 0 Å². The first-order chi connectivity index (χ1) is 10.1. The van der Waals surface area contributed by atoms with Gasteiger partial charge in [-0.1, -0.05) is 13.0 Å². The van der Waals surface area contributed by atoms with E-state index in [2.05, 4.69) is 5.32 Å². The van der Waals surface area contributed by atoms with E-state index in [1.165, 1.54) is 4.90 Å². The highest BCUT2D eigenvalue weighted by Gasteiger charge is 2.40. The van der Waals surface area contributed by atoms with Crippen LogP contribution >= 0.6 is 0 Å². The molecule has 6 nitrogen and oxygen atoms in total. The summed E-state index contributed by atoms with van der Waals surface area (Å²) in [6.07, 6.45) is 0.705. The second-order valence-corrected chi connectivity index (χ2v) is 5.51. The number of benzene rings is 1. The number of hydrogen-bond donors (Lipinski definition) is 2. The van der Waals surface area contributed by atoms with Crippen molar-refractivity contribution in [3.05, 3.63) is 23.8 Å². The average Bonchev–Trinajstić information content (AvgIpc) is 2.88. The monoisotopic (exact) mass is 290 g/mol. The molecular formula is C15H18N2O4. The van der Waals surface area contributed by atoms with Crippen LogP contribution in [-0.4, -0.2) is 47.6 Å². The summed E-state index contributed by atoms with van der Waals surface area (Å²) in [5.74, 6) is -0.730. The van der Waals surface area contributed by atoms with Crippen LogP contribution < -0.4 is 10.1 Å². The van der Waals surface area contributed by atoms with Gasteiger partial charge in [0.15, 0.2) is 5.75 Å². The van der Waals surface area contributed by atoms with Crippen LogP contribution in [0.3, 0.4) is 0 Å². The van der Waals surface area contributed by atoms with Gasteiger partial charge in [0, 0.05) is 13.1 Å². The lowest BCUT2D eigenvalue weighted by Gasteiger charge is -2.26. The maximum atomic E-state index is 12.7. The Morgan fingerprint density at radius 1 is 1.43 bits per heavy atom. The predicted molar refractivity (Wildman–Crippen MR) is 76.7 cm³/mol. The maximum Gasteiger partial charge on any atom is 0.326 e. The van der Waals surface area contributed by atoms with E-state index in [9.17, 15) is 14.7 Å². The first-order valence-corrected chi connectivity index (χ1v) is 7.13. The molecule has 2 aliphatic heterocycles. The minimum atomic E-state index is -0.947. The minimum absolute atomic E-state index is 0.0370. The van der Waals surface area contributed by atoms with Gasteiger partial charge in [0.25, 0.3) is 5.91 Å². The lowest BCUT2D eigenvalue weighted by Crippen LogP contribution is -2.43. The van der Waals surface area contributed by atoms with Crippen molar-refractivity contribution in [3.8, 4) is 5.75 Å².